The van der Waals surface area contributed by atoms with Crippen LogP contribution >= 0.6 is 0 Å². The minimum Gasteiger partial charge on any atom is -0.313 e. The number of hydrogen-bond donors (Lipinski definition) is 2. The first kappa shape index (κ1) is 7.56. The van der Waals surface area contributed by atoms with Gasteiger partial charge in [0.2, 0.25) is 0 Å². The molecule has 11 heavy (non-hydrogen) atoms. The quantitative estimate of drug-likeness (QED) is 0.587. The van der Waals surface area contributed by atoms with Crippen LogP contribution in [-0.2, 0) is 0 Å². The second-order valence-corrected chi connectivity index (χ2v) is 4.25. The number of nitrogens with one attached hydrogen (secondary N) is 1. The van der Waals surface area contributed by atoms with Crippen molar-refractivity contribution in [2.45, 2.75) is 50.7 Å². The van der Waals surface area contributed by atoms with E-state index in [1.807, 2.05) is 0 Å². The maximum absolute atomic E-state index is 6.23. The molecule has 0 aromatic carbocycles. The Balaban J connectivity index is 1.94. The van der Waals surface area contributed by atoms with Crippen LogP contribution in [0.15, 0.2) is 0 Å². The average Bonchev–Trinajstić information content (AvgIpc) is 2.66. The molecular formula is C9H18N2. The lowest BCUT2D eigenvalue weighted by atomic mass is 9.99. The van der Waals surface area contributed by atoms with Gasteiger partial charge in [0.05, 0.1) is 5.66 Å². The first-order valence-electron chi connectivity index (χ1n) is 4.77. The van der Waals surface area contributed by atoms with E-state index < -0.39 is 0 Å². The number of rotatable bonds is 2. The third-order valence-electron chi connectivity index (χ3n) is 3.16. The van der Waals surface area contributed by atoms with Crippen molar-refractivity contribution in [3.8, 4) is 0 Å². The lowest BCUT2D eigenvalue weighted by Gasteiger charge is -2.30. The molecule has 3 N–H and O–H groups in total. The van der Waals surface area contributed by atoms with Crippen LogP contribution in [0.2, 0.25) is 0 Å². The number of nitrogens with two attached hydrogens (primary N) is 1. The Kier molecular flexibility index (Phi) is 1.69. The maximum atomic E-state index is 6.23. The SMILES string of the molecule is CC1CCCC1(N)NC1CC1. The molecule has 2 rings (SSSR count). The lowest BCUT2D eigenvalue weighted by Crippen LogP contribution is -2.56. The summed E-state index contributed by atoms with van der Waals surface area (Å²) in [7, 11) is 0. The molecule has 0 radical (unpaired) electrons. The van der Waals surface area contributed by atoms with Gasteiger partial charge in [0.25, 0.3) is 0 Å². The first-order valence-corrected chi connectivity index (χ1v) is 4.77. The van der Waals surface area contributed by atoms with E-state index in [0.29, 0.717) is 5.92 Å². The number of hydrogen-bond acceptors (Lipinski definition) is 2. The molecular weight excluding hydrogens is 136 g/mol. The minimum atomic E-state index is -0.0127. The van der Waals surface area contributed by atoms with Crippen LogP contribution in [-0.4, -0.2) is 11.7 Å². The summed E-state index contributed by atoms with van der Waals surface area (Å²) in [5.74, 6) is 0.670. The molecule has 0 aromatic heterocycles. The highest BCUT2D eigenvalue weighted by atomic mass is 15.2. The van der Waals surface area contributed by atoms with Crippen molar-refractivity contribution in [2.24, 2.45) is 11.7 Å². The molecule has 64 valence electrons. The minimum absolute atomic E-state index is 0.0127. The Morgan fingerprint density at radius 1 is 1.36 bits per heavy atom. The zero-order valence-corrected chi connectivity index (χ0v) is 7.27. The molecule has 0 bridgehead atoms. The Morgan fingerprint density at radius 2 is 2.09 bits per heavy atom. The van der Waals surface area contributed by atoms with Crippen LogP contribution in [0.5, 0.6) is 0 Å². The summed E-state index contributed by atoms with van der Waals surface area (Å²) in [4.78, 5) is 0. The van der Waals surface area contributed by atoms with Gasteiger partial charge in [0, 0.05) is 6.04 Å². The molecule has 2 nitrogen and oxygen atoms in total. The molecule has 0 amide bonds. The Bertz CT molecular complexity index is 154. The fraction of sp³-hybridized carbons (Fsp3) is 1.00. The van der Waals surface area contributed by atoms with Gasteiger partial charge >= 0.3 is 0 Å². The van der Waals surface area contributed by atoms with Crippen LogP contribution in [0.25, 0.3) is 0 Å². The third-order valence-corrected chi connectivity index (χ3v) is 3.16. The molecule has 0 aromatic rings. The van der Waals surface area contributed by atoms with Crippen LogP contribution in [0, 0.1) is 5.92 Å². The van der Waals surface area contributed by atoms with E-state index in [1.165, 1.54) is 32.1 Å². The smallest absolute Gasteiger partial charge is 0.0690 e. The van der Waals surface area contributed by atoms with Crippen molar-refractivity contribution in [1.82, 2.24) is 5.32 Å². The van der Waals surface area contributed by atoms with Crippen LogP contribution in [0.4, 0.5) is 0 Å². The standard InChI is InChI=1S/C9H18N2/c1-7-3-2-6-9(7,10)11-8-4-5-8/h7-8,11H,2-6,10H2,1H3. The van der Waals surface area contributed by atoms with E-state index in [2.05, 4.69) is 12.2 Å². The van der Waals surface area contributed by atoms with Gasteiger partial charge in [0.1, 0.15) is 0 Å². The summed E-state index contributed by atoms with van der Waals surface area (Å²) in [6.07, 6.45) is 6.45. The molecule has 0 saturated heterocycles. The monoisotopic (exact) mass is 154 g/mol. The molecule has 2 fully saturated rings. The lowest BCUT2D eigenvalue weighted by molar-refractivity contribution is 0.264. The third kappa shape index (κ3) is 1.42. The van der Waals surface area contributed by atoms with Crippen LogP contribution in [0.3, 0.4) is 0 Å². The second-order valence-electron chi connectivity index (χ2n) is 4.25. The van der Waals surface area contributed by atoms with Gasteiger partial charge < -0.3 is 5.73 Å². The predicted octanol–water partition coefficient (Wildman–Crippen LogP) is 1.21. The van der Waals surface area contributed by atoms with E-state index in [1.54, 1.807) is 0 Å². The van der Waals surface area contributed by atoms with E-state index in [9.17, 15) is 0 Å². The van der Waals surface area contributed by atoms with E-state index >= 15 is 0 Å². The first-order chi connectivity index (χ1) is 5.21. The molecule has 2 atom stereocenters. The molecule has 2 heteroatoms. The van der Waals surface area contributed by atoms with Crippen molar-refractivity contribution in [2.75, 3.05) is 0 Å². The van der Waals surface area contributed by atoms with Gasteiger partial charge in [-0.2, -0.15) is 0 Å². The summed E-state index contributed by atoms with van der Waals surface area (Å²) in [6.45, 7) is 2.27. The van der Waals surface area contributed by atoms with Crippen molar-refractivity contribution in [1.29, 1.82) is 0 Å². The topological polar surface area (TPSA) is 38.0 Å². The second kappa shape index (κ2) is 2.46. The molecule has 2 unspecified atom stereocenters. The fourth-order valence-electron chi connectivity index (χ4n) is 2.03. The average molecular weight is 154 g/mol. The van der Waals surface area contributed by atoms with Crippen LogP contribution < -0.4 is 11.1 Å². The maximum Gasteiger partial charge on any atom is 0.0690 e. The molecule has 2 aliphatic rings. The van der Waals surface area contributed by atoms with Gasteiger partial charge in [-0.1, -0.05) is 6.92 Å². The summed E-state index contributed by atoms with van der Waals surface area (Å²) in [5.41, 5.74) is 6.22. The normalized spacial score (nSPS) is 44.7. The summed E-state index contributed by atoms with van der Waals surface area (Å²) >= 11 is 0. The van der Waals surface area contributed by atoms with Crippen molar-refractivity contribution in [3.05, 3.63) is 0 Å². The van der Waals surface area contributed by atoms with Gasteiger partial charge in [0.15, 0.2) is 0 Å². The Morgan fingerprint density at radius 3 is 2.55 bits per heavy atom. The molecule has 0 heterocycles. The fourth-order valence-corrected chi connectivity index (χ4v) is 2.03. The highest BCUT2D eigenvalue weighted by molar-refractivity contribution is 4.97. The van der Waals surface area contributed by atoms with Gasteiger partial charge in [-0.15, -0.1) is 0 Å². The van der Waals surface area contributed by atoms with Crippen molar-refractivity contribution in [3.63, 3.8) is 0 Å². The van der Waals surface area contributed by atoms with E-state index in [0.717, 1.165) is 6.04 Å². The summed E-state index contributed by atoms with van der Waals surface area (Å²) in [6, 6.07) is 0.751. The van der Waals surface area contributed by atoms with E-state index in [-0.39, 0.29) is 5.66 Å². The Labute approximate surface area is 68.5 Å². The largest absolute Gasteiger partial charge is 0.313 e. The zero-order valence-electron chi connectivity index (χ0n) is 7.27. The molecule has 2 aliphatic carbocycles. The van der Waals surface area contributed by atoms with Gasteiger partial charge in [-0.3, -0.25) is 5.32 Å². The van der Waals surface area contributed by atoms with Crippen LogP contribution in [0.1, 0.15) is 39.0 Å². The van der Waals surface area contributed by atoms with Gasteiger partial charge in [-0.05, 0) is 38.0 Å². The van der Waals surface area contributed by atoms with Crippen molar-refractivity contribution < 1.29 is 0 Å². The van der Waals surface area contributed by atoms with Gasteiger partial charge in [-0.25, -0.2) is 0 Å². The highest BCUT2D eigenvalue weighted by Crippen LogP contribution is 2.34. The van der Waals surface area contributed by atoms with E-state index in [4.69, 9.17) is 5.73 Å². The molecule has 0 spiro atoms. The Hall–Kier alpha value is -0.0800. The molecule has 0 aliphatic heterocycles. The highest BCUT2D eigenvalue weighted by Gasteiger charge is 2.40. The predicted molar refractivity (Wildman–Crippen MR) is 46.1 cm³/mol. The summed E-state index contributed by atoms with van der Waals surface area (Å²) in [5, 5.41) is 3.56. The van der Waals surface area contributed by atoms with Crippen molar-refractivity contribution >= 4 is 0 Å². The zero-order chi connectivity index (χ0) is 7.90. The molecule has 2 saturated carbocycles. The summed E-state index contributed by atoms with van der Waals surface area (Å²) < 4.78 is 0.